The third kappa shape index (κ3) is 4.84. The summed E-state index contributed by atoms with van der Waals surface area (Å²) in [6, 6.07) is 53.8. The molecule has 0 spiro atoms. The number of carbonyl (C=O) groups excluding carboxylic acids is 1. The topological polar surface area (TPSA) is 45.5 Å². The first-order valence-corrected chi connectivity index (χ1v) is 17.0. The summed E-state index contributed by atoms with van der Waals surface area (Å²) in [5, 5.41) is 14.2. The molecule has 2 heterocycles. The fourth-order valence-electron chi connectivity index (χ4n) is 7.72. The summed E-state index contributed by atoms with van der Waals surface area (Å²) in [6.07, 6.45) is -1.14. The quantitative estimate of drug-likeness (QED) is 0.202. The molecular formula is C46H34N2O2. The average molecular weight is 647 g/mol. The lowest BCUT2D eigenvalue weighted by Crippen LogP contribution is -2.27. The summed E-state index contributed by atoms with van der Waals surface area (Å²) in [5.41, 5.74) is 13.3. The zero-order valence-corrected chi connectivity index (χ0v) is 27.8. The Morgan fingerprint density at radius 3 is 1.78 bits per heavy atom. The van der Waals surface area contributed by atoms with Crippen molar-refractivity contribution < 1.29 is 9.90 Å². The highest BCUT2D eigenvalue weighted by Gasteiger charge is 2.39. The van der Waals surface area contributed by atoms with E-state index < -0.39 is 6.23 Å². The Bertz CT molecular complexity index is 2520. The monoisotopic (exact) mass is 646 g/mol. The molecule has 0 saturated heterocycles. The van der Waals surface area contributed by atoms with Crippen LogP contribution in [0.3, 0.4) is 0 Å². The van der Waals surface area contributed by atoms with Crippen molar-refractivity contribution in [3.05, 3.63) is 180 Å². The second kappa shape index (κ2) is 11.7. The lowest BCUT2D eigenvalue weighted by atomic mass is 9.97. The molecule has 1 aliphatic heterocycles. The summed E-state index contributed by atoms with van der Waals surface area (Å²) in [4.78, 5) is 16.3. The molecule has 8 aromatic rings. The van der Waals surface area contributed by atoms with Gasteiger partial charge in [-0.25, -0.2) is 0 Å². The van der Waals surface area contributed by atoms with E-state index in [0.29, 0.717) is 16.8 Å². The molecule has 1 N–H and O–H groups in total. The van der Waals surface area contributed by atoms with Crippen LogP contribution in [-0.2, 0) is 0 Å². The van der Waals surface area contributed by atoms with E-state index in [1.54, 1.807) is 4.90 Å². The zero-order valence-electron chi connectivity index (χ0n) is 27.8. The Hall–Kier alpha value is -6.23. The fourth-order valence-corrected chi connectivity index (χ4v) is 7.72. The number of aryl methyl sites for hydroxylation is 2. The van der Waals surface area contributed by atoms with Crippen molar-refractivity contribution in [1.82, 2.24) is 4.57 Å². The molecule has 1 aliphatic rings. The van der Waals surface area contributed by atoms with Gasteiger partial charge < -0.3 is 9.67 Å². The van der Waals surface area contributed by atoms with Crippen molar-refractivity contribution in [2.24, 2.45) is 0 Å². The Labute approximate surface area is 291 Å². The predicted molar refractivity (Wildman–Crippen MR) is 205 cm³/mol. The largest absolute Gasteiger partial charge is 0.369 e. The zero-order chi connectivity index (χ0) is 33.9. The van der Waals surface area contributed by atoms with Crippen LogP contribution in [0.2, 0.25) is 0 Å². The first-order valence-electron chi connectivity index (χ1n) is 17.0. The molecule has 1 atom stereocenters. The number of hydrogen-bond acceptors (Lipinski definition) is 2. The van der Waals surface area contributed by atoms with Gasteiger partial charge in [0.2, 0.25) is 0 Å². The Kier molecular flexibility index (Phi) is 7.01. The molecule has 1 unspecified atom stereocenters. The first-order chi connectivity index (χ1) is 24.4. The van der Waals surface area contributed by atoms with Gasteiger partial charge in [0, 0.05) is 22.0 Å². The number of aliphatic hydroxyl groups is 1. The first kappa shape index (κ1) is 29.9. The smallest absolute Gasteiger partial charge is 0.263 e. The summed E-state index contributed by atoms with van der Waals surface area (Å²) >= 11 is 0. The molecule has 4 heteroatoms. The van der Waals surface area contributed by atoms with Crippen LogP contribution in [-0.4, -0.2) is 15.6 Å². The van der Waals surface area contributed by atoms with Crippen LogP contribution in [0, 0.1) is 13.8 Å². The molecule has 0 bridgehead atoms. The van der Waals surface area contributed by atoms with Crippen molar-refractivity contribution in [2.75, 3.05) is 4.90 Å². The molecule has 0 radical (unpaired) electrons. The number of aliphatic hydroxyl groups excluding tert-OH is 1. The van der Waals surface area contributed by atoms with Gasteiger partial charge in [-0.2, -0.15) is 0 Å². The summed E-state index contributed by atoms with van der Waals surface area (Å²) in [7, 11) is 0. The normalized spacial score (nSPS) is 14.1. The van der Waals surface area contributed by atoms with E-state index in [0.717, 1.165) is 55.3 Å². The predicted octanol–water partition coefficient (Wildman–Crippen LogP) is 11.1. The van der Waals surface area contributed by atoms with Gasteiger partial charge in [0.25, 0.3) is 5.91 Å². The van der Waals surface area contributed by atoms with E-state index in [1.165, 1.54) is 16.7 Å². The molecule has 1 aromatic heterocycles. The number of rotatable bonds is 5. The van der Waals surface area contributed by atoms with Gasteiger partial charge in [-0.1, -0.05) is 126 Å². The van der Waals surface area contributed by atoms with E-state index in [-0.39, 0.29) is 5.91 Å². The third-order valence-corrected chi connectivity index (χ3v) is 9.91. The van der Waals surface area contributed by atoms with Gasteiger partial charge in [-0.15, -0.1) is 0 Å². The standard InChI is InChI=1S/C46H34N2O2/c1-29-22-30(2)24-34(23-29)33-20-21-42-40(28-33)38-16-9-10-18-41(38)48(42)43-19-11-17-39-44(43)46(50)47(45(39)49)37-26-35(31-12-5-3-6-13-31)25-36(27-37)32-14-7-4-8-15-32/h3-28,45,49H,1-2H3. The highest BCUT2D eigenvalue weighted by molar-refractivity contribution is 6.16. The number of anilines is 1. The molecule has 50 heavy (non-hydrogen) atoms. The Morgan fingerprint density at radius 2 is 1.10 bits per heavy atom. The number of aromatic nitrogens is 1. The summed E-state index contributed by atoms with van der Waals surface area (Å²) in [5.74, 6) is -0.231. The van der Waals surface area contributed by atoms with Crippen molar-refractivity contribution in [2.45, 2.75) is 20.1 Å². The van der Waals surface area contributed by atoms with Crippen LogP contribution < -0.4 is 4.90 Å². The van der Waals surface area contributed by atoms with Gasteiger partial charge in [0.1, 0.15) is 0 Å². The maximum absolute atomic E-state index is 14.7. The van der Waals surface area contributed by atoms with E-state index in [9.17, 15) is 9.90 Å². The van der Waals surface area contributed by atoms with Gasteiger partial charge in [0.05, 0.1) is 22.3 Å². The van der Waals surface area contributed by atoms with Crippen molar-refractivity contribution >= 4 is 33.4 Å². The van der Waals surface area contributed by atoms with Gasteiger partial charge in [0.15, 0.2) is 6.23 Å². The highest BCUT2D eigenvalue weighted by Crippen LogP contribution is 2.44. The fraction of sp³-hybridized carbons (Fsp3) is 0.0652. The number of nitrogens with zero attached hydrogens (tertiary/aromatic N) is 2. The van der Waals surface area contributed by atoms with E-state index in [1.807, 2.05) is 72.8 Å². The van der Waals surface area contributed by atoms with Gasteiger partial charge in [-0.05, 0) is 89.7 Å². The Balaban J connectivity index is 1.21. The van der Waals surface area contributed by atoms with Crippen LogP contribution in [0.25, 0.3) is 60.9 Å². The van der Waals surface area contributed by atoms with Crippen molar-refractivity contribution in [3.8, 4) is 39.1 Å². The number of hydrogen-bond donors (Lipinski definition) is 1. The number of fused-ring (bicyclic) bond motifs is 4. The highest BCUT2D eigenvalue weighted by atomic mass is 16.3. The van der Waals surface area contributed by atoms with Crippen molar-refractivity contribution in [3.63, 3.8) is 0 Å². The van der Waals surface area contributed by atoms with E-state index in [2.05, 4.69) is 103 Å². The maximum Gasteiger partial charge on any atom is 0.263 e. The molecule has 0 aliphatic carbocycles. The van der Waals surface area contributed by atoms with Crippen LogP contribution in [0.15, 0.2) is 158 Å². The lowest BCUT2D eigenvalue weighted by molar-refractivity contribution is 0.0935. The number of carbonyl (C=O) groups is 1. The molecular weight excluding hydrogens is 613 g/mol. The average Bonchev–Trinajstić information content (AvgIpc) is 3.62. The molecule has 0 saturated carbocycles. The SMILES string of the molecule is Cc1cc(C)cc(-c2ccc3c(c2)c2ccccc2n3-c2cccc3c2C(=O)N(c2cc(-c4ccccc4)cc(-c4ccccc4)c2)C3O)c1. The maximum atomic E-state index is 14.7. The second-order valence-electron chi connectivity index (χ2n) is 13.3. The molecule has 9 rings (SSSR count). The number of benzene rings is 7. The van der Waals surface area contributed by atoms with Gasteiger partial charge in [-0.3, -0.25) is 9.69 Å². The van der Waals surface area contributed by atoms with Crippen LogP contribution >= 0.6 is 0 Å². The summed E-state index contributed by atoms with van der Waals surface area (Å²) in [6.45, 7) is 4.26. The minimum atomic E-state index is -1.14. The van der Waals surface area contributed by atoms with Crippen LogP contribution in [0.5, 0.6) is 0 Å². The lowest BCUT2D eigenvalue weighted by Gasteiger charge is -2.23. The van der Waals surface area contributed by atoms with Crippen LogP contribution in [0.4, 0.5) is 5.69 Å². The van der Waals surface area contributed by atoms with E-state index in [4.69, 9.17) is 0 Å². The Morgan fingerprint density at radius 1 is 0.500 bits per heavy atom. The second-order valence-corrected chi connectivity index (χ2v) is 13.3. The molecule has 4 nitrogen and oxygen atoms in total. The van der Waals surface area contributed by atoms with Gasteiger partial charge >= 0.3 is 0 Å². The van der Waals surface area contributed by atoms with Crippen LogP contribution in [0.1, 0.15) is 33.3 Å². The number of para-hydroxylation sites is 1. The summed E-state index contributed by atoms with van der Waals surface area (Å²) < 4.78 is 2.18. The third-order valence-electron chi connectivity index (χ3n) is 9.91. The van der Waals surface area contributed by atoms with Crippen molar-refractivity contribution in [1.29, 1.82) is 0 Å². The molecule has 0 fully saturated rings. The minimum Gasteiger partial charge on any atom is -0.369 e. The molecule has 7 aromatic carbocycles. The molecule has 1 amide bonds. The minimum absolute atomic E-state index is 0.231. The van der Waals surface area contributed by atoms with E-state index >= 15 is 0 Å². The number of amides is 1. The molecule has 240 valence electrons.